The van der Waals surface area contributed by atoms with Crippen molar-refractivity contribution in [1.29, 1.82) is 0 Å². The quantitative estimate of drug-likeness (QED) is 0.368. The molecule has 1 aromatic carbocycles. The lowest BCUT2D eigenvalue weighted by Gasteiger charge is -2.16. The van der Waals surface area contributed by atoms with E-state index in [1.165, 1.54) is 16.3 Å². The molecule has 0 fully saturated rings. The maximum absolute atomic E-state index is 13.0. The van der Waals surface area contributed by atoms with Crippen LogP contribution in [-0.2, 0) is 13.6 Å². The van der Waals surface area contributed by atoms with Crippen LogP contribution in [0.4, 0.5) is 5.82 Å². The van der Waals surface area contributed by atoms with Gasteiger partial charge >= 0.3 is 5.69 Å². The van der Waals surface area contributed by atoms with Crippen molar-refractivity contribution >= 4 is 23.4 Å². The molecule has 0 radical (unpaired) electrons. The smallest absolute Gasteiger partial charge is 0.332 e. The maximum Gasteiger partial charge on any atom is 0.332 e. The second-order valence-corrected chi connectivity index (χ2v) is 8.34. The third-order valence-electron chi connectivity index (χ3n) is 4.58. The number of hydrogen-bond donors (Lipinski definition) is 1. The zero-order chi connectivity index (χ0) is 23.4. The standard InChI is InChI=1S/C20H25N7O4S/c1-5-31-15-9-7-6-8-13(15)27-19(22-23-24-27)32-11-14(28)16-17(21)26(10-12(2)3)20(30)25(4)18(16)29/h6-9,12H,5,10-11,21H2,1-4H3. The summed E-state index contributed by atoms with van der Waals surface area (Å²) in [4.78, 5) is 38.0. The van der Waals surface area contributed by atoms with E-state index in [2.05, 4.69) is 15.5 Å². The van der Waals surface area contributed by atoms with E-state index in [-0.39, 0.29) is 23.1 Å². The van der Waals surface area contributed by atoms with Crippen molar-refractivity contribution in [1.82, 2.24) is 29.3 Å². The number of para-hydroxylation sites is 2. The molecular formula is C20H25N7O4S. The van der Waals surface area contributed by atoms with Crippen LogP contribution in [-0.4, -0.2) is 47.5 Å². The van der Waals surface area contributed by atoms with Gasteiger partial charge in [-0.05, 0) is 35.4 Å². The Morgan fingerprint density at radius 3 is 2.66 bits per heavy atom. The van der Waals surface area contributed by atoms with Crippen LogP contribution in [0.1, 0.15) is 31.1 Å². The van der Waals surface area contributed by atoms with Gasteiger partial charge in [0.15, 0.2) is 5.78 Å². The minimum Gasteiger partial charge on any atom is -0.492 e. The van der Waals surface area contributed by atoms with E-state index < -0.39 is 17.0 Å². The number of tetrazole rings is 1. The predicted octanol–water partition coefficient (Wildman–Crippen LogP) is 1.13. The first-order valence-corrected chi connectivity index (χ1v) is 11.0. The number of ether oxygens (including phenoxy) is 1. The fourth-order valence-electron chi connectivity index (χ4n) is 3.12. The van der Waals surface area contributed by atoms with Gasteiger partial charge in [-0.3, -0.25) is 18.7 Å². The summed E-state index contributed by atoms with van der Waals surface area (Å²) in [5.41, 5.74) is 5.21. The Hall–Kier alpha value is -3.41. The molecule has 0 bridgehead atoms. The lowest BCUT2D eigenvalue weighted by molar-refractivity contribution is 0.102. The van der Waals surface area contributed by atoms with Crippen LogP contribution in [0, 0.1) is 5.92 Å². The Labute approximate surface area is 188 Å². The highest BCUT2D eigenvalue weighted by Gasteiger charge is 2.23. The van der Waals surface area contributed by atoms with Gasteiger partial charge in [-0.25, -0.2) is 4.79 Å². The van der Waals surface area contributed by atoms with Crippen LogP contribution in [0.5, 0.6) is 5.75 Å². The molecule has 3 aromatic rings. The number of carbonyl (C=O) groups is 1. The Morgan fingerprint density at radius 2 is 1.97 bits per heavy atom. The summed E-state index contributed by atoms with van der Waals surface area (Å²) in [5.74, 6) is -0.0950. The first-order valence-electron chi connectivity index (χ1n) is 10.0. The van der Waals surface area contributed by atoms with Gasteiger partial charge in [-0.15, -0.1) is 5.10 Å². The predicted molar refractivity (Wildman–Crippen MR) is 121 cm³/mol. The summed E-state index contributed by atoms with van der Waals surface area (Å²) in [6.45, 7) is 6.45. The Kier molecular flexibility index (Phi) is 7.13. The number of benzene rings is 1. The van der Waals surface area contributed by atoms with Crippen molar-refractivity contribution < 1.29 is 9.53 Å². The highest BCUT2D eigenvalue weighted by Crippen LogP contribution is 2.26. The third-order valence-corrected chi connectivity index (χ3v) is 5.50. The summed E-state index contributed by atoms with van der Waals surface area (Å²) in [6, 6.07) is 7.24. The van der Waals surface area contributed by atoms with E-state index in [9.17, 15) is 14.4 Å². The monoisotopic (exact) mass is 459 g/mol. The second-order valence-electron chi connectivity index (χ2n) is 7.40. The molecule has 0 unspecified atom stereocenters. The van der Waals surface area contributed by atoms with Crippen LogP contribution >= 0.6 is 11.8 Å². The fourth-order valence-corrected chi connectivity index (χ4v) is 3.87. The van der Waals surface area contributed by atoms with E-state index in [4.69, 9.17) is 10.5 Å². The molecule has 170 valence electrons. The average molecular weight is 460 g/mol. The van der Waals surface area contributed by atoms with Crippen molar-refractivity contribution in [2.75, 3.05) is 18.1 Å². The van der Waals surface area contributed by atoms with Crippen molar-refractivity contribution in [3.63, 3.8) is 0 Å². The van der Waals surface area contributed by atoms with Crippen molar-refractivity contribution in [3.05, 3.63) is 50.7 Å². The Morgan fingerprint density at radius 1 is 1.25 bits per heavy atom. The van der Waals surface area contributed by atoms with Gasteiger partial charge in [-0.1, -0.05) is 37.7 Å². The molecule has 2 aromatic heterocycles. The van der Waals surface area contributed by atoms with Crippen molar-refractivity contribution in [2.24, 2.45) is 13.0 Å². The van der Waals surface area contributed by atoms with E-state index in [1.54, 1.807) is 12.1 Å². The molecule has 0 saturated heterocycles. The van der Waals surface area contributed by atoms with Crippen molar-refractivity contribution in [3.8, 4) is 11.4 Å². The van der Waals surface area contributed by atoms with E-state index in [0.717, 1.165) is 16.3 Å². The van der Waals surface area contributed by atoms with Gasteiger partial charge in [0.1, 0.15) is 22.8 Å². The number of anilines is 1. The topological polar surface area (TPSA) is 140 Å². The molecule has 0 aliphatic rings. The molecule has 0 spiro atoms. The van der Waals surface area contributed by atoms with Gasteiger partial charge in [0.2, 0.25) is 5.16 Å². The van der Waals surface area contributed by atoms with E-state index in [0.29, 0.717) is 29.7 Å². The zero-order valence-corrected chi connectivity index (χ0v) is 19.1. The summed E-state index contributed by atoms with van der Waals surface area (Å²) >= 11 is 1.06. The van der Waals surface area contributed by atoms with Crippen LogP contribution in [0.3, 0.4) is 0 Å². The molecule has 0 aliphatic heterocycles. The number of ketones is 1. The number of hydrogen-bond acceptors (Lipinski definition) is 9. The Bertz CT molecular complexity index is 1250. The maximum atomic E-state index is 13.0. The normalized spacial score (nSPS) is 11.2. The van der Waals surface area contributed by atoms with Gasteiger partial charge in [-0.2, -0.15) is 4.68 Å². The van der Waals surface area contributed by atoms with Gasteiger partial charge < -0.3 is 10.5 Å². The molecule has 12 heteroatoms. The number of nitrogens with two attached hydrogens (primary N) is 1. The first kappa shape index (κ1) is 23.3. The van der Waals surface area contributed by atoms with Gasteiger partial charge in [0.25, 0.3) is 5.56 Å². The zero-order valence-electron chi connectivity index (χ0n) is 18.3. The summed E-state index contributed by atoms with van der Waals surface area (Å²) in [6.07, 6.45) is 0. The molecule has 2 N–H and O–H groups in total. The number of nitrogens with zero attached hydrogens (tertiary/aromatic N) is 6. The lowest BCUT2D eigenvalue weighted by Crippen LogP contribution is -2.43. The molecule has 2 heterocycles. The molecule has 32 heavy (non-hydrogen) atoms. The van der Waals surface area contributed by atoms with Crippen LogP contribution in [0.15, 0.2) is 39.0 Å². The summed E-state index contributed by atoms with van der Waals surface area (Å²) in [5, 5.41) is 12.0. The van der Waals surface area contributed by atoms with E-state index >= 15 is 0 Å². The Balaban J connectivity index is 1.91. The number of rotatable bonds is 9. The molecule has 3 rings (SSSR count). The summed E-state index contributed by atoms with van der Waals surface area (Å²) < 4.78 is 9.25. The van der Waals surface area contributed by atoms with Crippen LogP contribution in [0.2, 0.25) is 0 Å². The average Bonchev–Trinajstić information content (AvgIpc) is 3.23. The highest BCUT2D eigenvalue weighted by atomic mass is 32.2. The van der Waals surface area contributed by atoms with E-state index in [1.807, 2.05) is 32.9 Å². The number of Topliss-reactive ketones (excluding diaryl/α,β-unsaturated/α-hetero) is 1. The van der Waals surface area contributed by atoms with Crippen LogP contribution < -0.4 is 21.7 Å². The highest BCUT2D eigenvalue weighted by molar-refractivity contribution is 7.99. The molecule has 0 atom stereocenters. The third kappa shape index (κ3) is 4.59. The second kappa shape index (κ2) is 9.81. The van der Waals surface area contributed by atoms with Crippen molar-refractivity contribution in [2.45, 2.75) is 32.5 Å². The molecule has 0 saturated carbocycles. The number of nitrogen functional groups attached to an aromatic ring is 1. The lowest BCUT2D eigenvalue weighted by atomic mass is 10.2. The van der Waals surface area contributed by atoms with Gasteiger partial charge in [0.05, 0.1) is 12.4 Å². The molecule has 0 aliphatic carbocycles. The molecule has 11 nitrogen and oxygen atoms in total. The fraction of sp³-hybridized carbons (Fsp3) is 0.400. The number of thioether (sulfide) groups is 1. The minimum atomic E-state index is -0.723. The van der Waals surface area contributed by atoms with Gasteiger partial charge in [0, 0.05) is 13.6 Å². The number of aromatic nitrogens is 6. The molecular weight excluding hydrogens is 434 g/mol. The largest absolute Gasteiger partial charge is 0.492 e. The molecule has 0 amide bonds. The number of carbonyl (C=O) groups excluding carboxylic acids is 1. The summed E-state index contributed by atoms with van der Waals surface area (Å²) in [7, 11) is 1.33. The van der Waals surface area contributed by atoms with Crippen LogP contribution in [0.25, 0.3) is 5.69 Å². The SMILES string of the molecule is CCOc1ccccc1-n1nnnc1SCC(=O)c1c(N)n(CC(C)C)c(=O)n(C)c1=O. The minimum absolute atomic E-state index is 0.0971. The first-order chi connectivity index (χ1) is 15.3.